The predicted molar refractivity (Wildman–Crippen MR) is 134 cm³/mol. The van der Waals surface area contributed by atoms with Crippen LogP contribution in [0.1, 0.15) is 18.3 Å². The van der Waals surface area contributed by atoms with Gasteiger partial charge in [0.15, 0.2) is 23.9 Å². The lowest BCUT2D eigenvalue weighted by molar-refractivity contribution is -0.615. The lowest BCUT2D eigenvalue weighted by Crippen LogP contribution is -2.37. The van der Waals surface area contributed by atoms with E-state index in [0.29, 0.717) is 15.0 Å². The number of alkyl halides is 2. The highest BCUT2D eigenvalue weighted by Crippen LogP contribution is 2.33. The van der Waals surface area contributed by atoms with Crippen molar-refractivity contribution < 1.29 is 22.3 Å². The molecule has 5 heterocycles. The summed E-state index contributed by atoms with van der Waals surface area (Å²) in [7, 11) is 0. The van der Waals surface area contributed by atoms with Crippen LogP contribution in [-0.2, 0) is 6.54 Å². The van der Waals surface area contributed by atoms with Crippen LogP contribution in [0.25, 0.3) is 28.1 Å². The number of hydrogen-bond donors (Lipinski definition) is 0. The van der Waals surface area contributed by atoms with Gasteiger partial charge in [0.05, 0.1) is 52.7 Å². The molecule has 0 saturated heterocycles. The molecule has 208 valence electrons. The molecule has 0 N–H and O–H groups in total. The van der Waals surface area contributed by atoms with E-state index in [-0.39, 0.29) is 39.8 Å². The van der Waals surface area contributed by atoms with E-state index in [4.69, 9.17) is 11.6 Å². The van der Waals surface area contributed by atoms with Gasteiger partial charge in [-0.25, -0.2) is 13.5 Å². The smallest absolute Gasteiger partial charge is 0.333 e. The molecule has 0 unspecified atom stereocenters. The minimum absolute atomic E-state index is 0.0201. The summed E-state index contributed by atoms with van der Waals surface area (Å²) in [6, 6.07) is 6.30. The lowest BCUT2D eigenvalue weighted by Gasteiger charge is -2.18. The Morgan fingerprint density at radius 2 is 1.83 bits per heavy atom. The summed E-state index contributed by atoms with van der Waals surface area (Å²) in [5, 5.41) is 36.1. The van der Waals surface area contributed by atoms with Crippen molar-refractivity contribution in [2.24, 2.45) is 0 Å². The summed E-state index contributed by atoms with van der Waals surface area (Å²) in [6.07, 6.45) is 8.57. The molecule has 41 heavy (non-hydrogen) atoms. The van der Waals surface area contributed by atoms with Crippen molar-refractivity contribution in [3.05, 3.63) is 101 Å². The first-order chi connectivity index (χ1) is 19.8. The van der Waals surface area contributed by atoms with Crippen molar-refractivity contribution in [2.45, 2.75) is 19.1 Å². The molecule has 0 aliphatic carbocycles. The fourth-order valence-corrected chi connectivity index (χ4v) is 4.60. The Morgan fingerprint density at radius 3 is 2.54 bits per heavy atom. The van der Waals surface area contributed by atoms with Crippen LogP contribution in [0.15, 0.2) is 73.8 Å². The molecule has 0 bridgehead atoms. The Hall–Kier alpha value is -5.12. The molecule has 1 aromatic carbocycles. The summed E-state index contributed by atoms with van der Waals surface area (Å²) in [6.45, 7) is -2.94. The SMILES string of the molecule is [O-][n+]1cc(-c2c(-n3cnnn3)ccc(Cl)c2F)ccc1[C@H](Cn1cc(F)cn1)n1cc(-c2ccnn2C(F)F)cn1. The third-order valence-corrected chi connectivity index (χ3v) is 6.57. The molecule has 0 saturated carbocycles. The third kappa shape index (κ3) is 4.88. The lowest BCUT2D eigenvalue weighted by atomic mass is 10.0. The molecule has 6 aromatic rings. The van der Waals surface area contributed by atoms with E-state index >= 15 is 4.39 Å². The summed E-state index contributed by atoms with van der Waals surface area (Å²) >= 11 is 6.04. The van der Waals surface area contributed by atoms with Crippen LogP contribution in [0.2, 0.25) is 5.02 Å². The van der Waals surface area contributed by atoms with Gasteiger partial charge in [-0.05, 0) is 34.7 Å². The van der Waals surface area contributed by atoms with Crippen LogP contribution in [0.5, 0.6) is 0 Å². The molecule has 0 spiro atoms. The van der Waals surface area contributed by atoms with E-state index in [1.807, 2.05) is 0 Å². The van der Waals surface area contributed by atoms with Crippen molar-refractivity contribution in [3.8, 4) is 28.1 Å². The summed E-state index contributed by atoms with van der Waals surface area (Å²) in [5.74, 6) is -1.38. The molecule has 1 atom stereocenters. The monoisotopic (exact) mass is 585 g/mol. The van der Waals surface area contributed by atoms with Crippen LogP contribution in [0.3, 0.4) is 0 Å². The highest BCUT2D eigenvalue weighted by Gasteiger charge is 2.27. The Morgan fingerprint density at radius 1 is 0.976 bits per heavy atom. The zero-order valence-electron chi connectivity index (χ0n) is 20.5. The van der Waals surface area contributed by atoms with Gasteiger partial charge in [0, 0.05) is 24.0 Å². The van der Waals surface area contributed by atoms with E-state index in [1.54, 1.807) is 0 Å². The Labute approximate surface area is 232 Å². The molecule has 0 radical (unpaired) electrons. The maximum Gasteiger partial charge on any atom is 0.333 e. The maximum atomic E-state index is 15.3. The van der Waals surface area contributed by atoms with Gasteiger partial charge in [-0.15, -0.1) is 5.10 Å². The van der Waals surface area contributed by atoms with Gasteiger partial charge in [0.25, 0.3) is 0 Å². The van der Waals surface area contributed by atoms with Crippen LogP contribution >= 0.6 is 11.6 Å². The fraction of sp³-hybridized carbons (Fsp3) is 0.125. The van der Waals surface area contributed by atoms with E-state index in [2.05, 4.69) is 30.8 Å². The van der Waals surface area contributed by atoms with Gasteiger partial charge < -0.3 is 5.21 Å². The first kappa shape index (κ1) is 26.1. The van der Waals surface area contributed by atoms with Crippen LogP contribution in [0, 0.1) is 16.8 Å². The second-order valence-corrected chi connectivity index (χ2v) is 9.13. The number of rotatable bonds is 8. The van der Waals surface area contributed by atoms with Crippen molar-refractivity contribution >= 4 is 11.6 Å². The topological polar surface area (TPSA) is 124 Å². The molecule has 6 rings (SSSR count). The number of aromatic nitrogens is 11. The molecule has 0 aliphatic rings. The van der Waals surface area contributed by atoms with Crippen molar-refractivity contribution in [1.29, 1.82) is 0 Å². The second-order valence-electron chi connectivity index (χ2n) is 8.72. The molecular formula is C24H16ClF4N11O. The van der Waals surface area contributed by atoms with Gasteiger partial charge in [-0.3, -0.25) is 9.36 Å². The number of benzene rings is 1. The van der Waals surface area contributed by atoms with Crippen LogP contribution in [-0.4, -0.2) is 49.5 Å². The Bertz CT molecular complexity index is 1830. The number of pyridine rings is 1. The minimum atomic E-state index is -2.88. The third-order valence-electron chi connectivity index (χ3n) is 6.28. The fourth-order valence-electron chi connectivity index (χ4n) is 4.44. The summed E-state index contributed by atoms with van der Waals surface area (Å²) in [4.78, 5) is 0. The van der Waals surface area contributed by atoms with Crippen LogP contribution in [0.4, 0.5) is 17.6 Å². The zero-order valence-corrected chi connectivity index (χ0v) is 21.3. The number of halogens is 5. The van der Waals surface area contributed by atoms with Gasteiger partial charge >= 0.3 is 6.55 Å². The Kier molecular flexibility index (Phi) is 6.66. The highest BCUT2D eigenvalue weighted by molar-refractivity contribution is 6.31. The average Bonchev–Trinajstić information content (AvgIpc) is 3.76. The van der Waals surface area contributed by atoms with Gasteiger partial charge in [-0.1, -0.05) is 11.6 Å². The molecular weight excluding hydrogens is 570 g/mol. The van der Waals surface area contributed by atoms with E-state index in [9.17, 15) is 18.4 Å². The summed E-state index contributed by atoms with van der Waals surface area (Å²) in [5.41, 5.74) is 0.912. The number of hydrogen-bond acceptors (Lipinski definition) is 7. The van der Waals surface area contributed by atoms with Crippen molar-refractivity contribution in [3.63, 3.8) is 0 Å². The first-order valence-electron chi connectivity index (χ1n) is 11.8. The molecule has 12 nitrogen and oxygen atoms in total. The average molecular weight is 586 g/mol. The molecule has 5 aromatic heterocycles. The van der Waals surface area contributed by atoms with E-state index < -0.39 is 24.2 Å². The largest absolute Gasteiger partial charge is 0.618 e. The molecule has 0 amide bonds. The van der Waals surface area contributed by atoms with Crippen LogP contribution < -0.4 is 4.73 Å². The quantitative estimate of drug-likeness (QED) is 0.151. The molecule has 0 aliphatic heterocycles. The maximum absolute atomic E-state index is 15.3. The normalized spacial score (nSPS) is 12.3. The predicted octanol–water partition coefficient (Wildman–Crippen LogP) is 3.84. The van der Waals surface area contributed by atoms with Crippen molar-refractivity contribution in [1.82, 2.24) is 49.5 Å². The zero-order chi connectivity index (χ0) is 28.7. The van der Waals surface area contributed by atoms with Gasteiger partial charge in [0.2, 0.25) is 5.69 Å². The standard InChI is InChI=1S/C24H16ClF4N11O/c25-17-2-4-20(38-13-30-34-35-38)22(23(17)27)14-1-3-19(39(41)10-14)21(12-36-11-16(26)8-32-36)37-9-15(7-33-37)18-5-6-31-40(18)24(28)29/h1-11,13,21,24H,12H2/t21-/m0/s1. The minimum Gasteiger partial charge on any atom is -0.618 e. The Balaban J connectivity index is 1.43. The van der Waals surface area contributed by atoms with Crippen molar-refractivity contribution in [2.75, 3.05) is 0 Å². The number of nitrogens with zero attached hydrogens (tertiary/aromatic N) is 11. The summed E-state index contributed by atoms with van der Waals surface area (Å²) < 4.78 is 60.7. The van der Waals surface area contributed by atoms with Gasteiger partial charge in [0.1, 0.15) is 6.33 Å². The van der Waals surface area contributed by atoms with Gasteiger partial charge in [-0.2, -0.15) is 33.5 Å². The highest BCUT2D eigenvalue weighted by atomic mass is 35.5. The molecule has 17 heteroatoms. The van der Waals surface area contributed by atoms with E-state index in [1.165, 1.54) is 69.3 Å². The number of tetrazole rings is 1. The second kappa shape index (κ2) is 10.5. The molecule has 0 fully saturated rings. The first-order valence-corrected chi connectivity index (χ1v) is 12.2. The van der Waals surface area contributed by atoms with E-state index in [0.717, 1.165) is 18.6 Å².